The number of aromatic nitrogens is 3. The molecule has 0 saturated carbocycles. The Bertz CT molecular complexity index is 249. The van der Waals surface area contributed by atoms with E-state index >= 15 is 0 Å². The van der Waals surface area contributed by atoms with Gasteiger partial charge in [-0.15, -0.1) is 10.2 Å². The SMILES string of the molecule is CC1C=Nc2nncn21. The summed E-state index contributed by atoms with van der Waals surface area (Å²) in [5.74, 6) is 0.711. The van der Waals surface area contributed by atoms with Crippen LogP contribution in [0, 0.1) is 0 Å². The molecule has 46 valence electrons. The summed E-state index contributed by atoms with van der Waals surface area (Å²) in [5, 5.41) is 7.46. The quantitative estimate of drug-likeness (QED) is 0.504. The van der Waals surface area contributed by atoms with Gasteiger partial charge in [0.2, 0.25) is 0 Å². The van der Waals surface area contributed by atoms with Crippen LogP contribution in [0.2, 0.25) is 0 Å². The van der Waals surface area contributed by atoms with E-state index in [1.54, 1.807) is 6.33 Å². The molecule has 0 spiro atoms. The first-order valence-corrected chi connectivity index (χ1v) is 2.81. The van der Waals surface area contributed by atoms with Crippen molar-refractivity contribution >= 4 is 12.2 Å². The van der Waals surface area contributed by atoms with Crippen LogP contribution in [-0.4, -0.2) is 21.0 Å². The summed E-state index contributed by atoms with van der Waals surface area (Å²) < 4.78 is 1.92. The van der Waals surface area contributed by atoms with Gasteiger partial charge < -0.3 is 0 Å². The maximum absolute atomic E-state index is 4.00. The molecule has 2 heterocycles. The Morgan fingerprint density at radius 1 is 1.67 bits per heavy atom. The third kappa shape index (κ3) is 0.497. The van der Waals surface area contributed by atoms with Gasteiger partial charge in [-0.1, -0.05) is 0 Å². The van der Waals surface area contributed by atoms with Crippen molar-refractivity contribution in [3.05, 3.63) is 6.33 Å². The second-order valence-electron chi connectivity index (χ2n) is 2.06. The lowest BCUT2D eigenvalue weighted by Crippen LogP contribution is -1.97. The van der Waals surface area contributed by atoms with E-state index in [0.717, 1.165) is 0 Å². The molecule has 0 bridgehead atoms. The fraction of sp³-hybridized carbons (Fsp3) is 0.400. The van der Waals surface area contributed by atoms with Crippen LogP contribution < -0.4 is 0 Å². The fourth-order valence-electron chi connectivity index (χ4n) is 0.863. The first-order valence-electron chi connectivity index (χ1n) is 2.81. The van der Waals surface area contributed by atoms with E-state index in [9.17, 15) is 0 Å². The van der Waals surface area contributed by atoms with Gasteiger partial charge in [0.1, 0.15) is 6.33 Å². The van der Waals surface area contributed by atoms with Crippen LogP contribution in [-0.2, 0) is 0 Å². The van der Waals surface area contributed by atoms with E-state index in [1.165, 1.54) is 0 Å². The molecule has 0 aliphatic carbocycles. The summed E-state index contributed by atoms with van der Waals surface area (Å²) in [7, 11) is 0. The third-order valence-corrected chi connectivity index (χ3v) is 1.40. The highest BCUT2D eigenvalue weighted by Gasteiger charge is 2.12. The lowest BCUT2D eigenvalue weighted by molar-refractivity contribution is 0.734. The largest absolute Gasteiger partial charge is 0.290 e. The molecule has 1 aromatic heterocycles. The normalized spacial score (nSPS) is 22.6. The average Bonchev–Trinajstić information content (AvgIpc) is 2.35. The zero-order valence-corrected chi connectivity index (χ0v) is 5.02. The van der Waals surface area contributed by atoms with Crippen molar-refractivity contribution in [3.63, 3.8) is 0 Å². The molecule has 0 amide bonds. The molecular weight excluding hydrogens is 116 g/mol. The van der Waals surface area contributed by atoms with Gasteiger partial charge in [0.25, 0.3) is 5.95 Å². The Morgan fingerprint density at radius 3 is 3.33 bits per heavy atom. The summed E-state index contributed by atoms with van der Waals surface area (Å²) in [6, 6.07) is 0.329. The Morgan fingerprint density at radius 2 is 2.56 bits per heavy atom. The topological polar surface area (TPSA) is 43.1 Å². The molecule has 9 heavy (non-hydrogen) atoms. The Balaban J connectivity index is 2.60. The number of aliphatic imine (C=N–C) groups is 1. The molecular formula is C5H6N4. The minimum Gasteiger partial charge on any atom is -0.290 e. The molecule has 0 saturated heterocycles. The molecule has 0 N–H and O–H groups in total. The van der Waals surface area contributed by atoms with Gasteiger partial charge in [-0.05, 0) is 6.92 Å². The molecule has 4 heteroatoms. The molecule has 1 atom stereocenters. The summed E-state index contributed by atoms with van der Waals surface area (Å²) in [6.07, 6.45) is 3.54. The van der Waals surface area contributed by atoms with Crippen molar-refractivity contribution < 1.29 is 0 Å². The van der Waals surface area contributed by atoms with Crippen LogP contribution in [0.1, 0.15) is 13.0 Å². The molecule has 0 fully saturated rings. The summed E-state index contributed by atoms with van der Waals surface area (Å²) >= 11 is 0. The maximum Gasteiger partial charge on any atom is 0.250 e. The van der Waals surface area contributed by atoms with Crippen LogP contribution >= 0.6 is 0 Å². The number of rotatable bonds is 0. The Kier molecular flexibility index (Phi) is 0.726. The highest BCUT2D eigenvalue weighted by atomic mass is 15.3. The lowest BCUT2D eigenvalue weighted by Gasteiger charge is -1.97. The second-order valence-corrected chi connectivity index (χ2v) is 2.06. The summed E-state index contributed by atoms with van der Waals surface area (Å²) in [6.45, 7) is 2.04. The number of hydrogen-bond acceptors (Lipinski definition) is 3. The van der Waals surface area contributed by atoms with E-state index in [-0.39, 0.29) is 0 Å². The minimum absolute atomic E-state index is 0.329. The van der Waals surface area contributed by atoms with Crippen molar-refractivity contribution in [3.8, 4) is 0 Å². The van der Waals surface area contributed by atoms with Gasteiger partial charge in [-0.2, -0.15) is 0 Å². The minimum atomic E-state index is 0.329. The Hall–Kier alpha value is -1.19. The third-order valence-electron chi connectivity index (χ3n) is 1.40. The van der Waals surface area contributed by atoms with Crippen molar-refractivity contribution in [1.29, 1.82) is 0 Å². The maximum atomic E-state index is 4.00. The van der Waals surface area contributed by atoms with Crippen molar-refractivity contribution in [1.82, 2.24) is 14.8 Å². The highest BCUT2D eigenvalue weighted by molar-refractivity contribution is 5.69. The number of nitrogens with zero attached hydrogens (tertiary/aromatic N) is 4. The van der Waals surface area contributed by atoms with Gasteiger partial charge in [-0.25, -0.2) is 4.99 Å². The molecule has 1 aliphatic heterocycles. The van der Waals surface area contributed by atoms with E-state index in [1.807, 2.05) is 17.7 Å². The smallest absolute Gasteiger partial charge is 0.250 e. The van der Waals surface area contributed by atoms with Crippen LogP contribution in [0.4, 0.5) is 5.95 Å². The zero-order chi connectivity index (χ0) is 6.27. The first-order chi connectivity index (χ1) is 4.38. The zero-order valence-electron chi connectivity index (χ0n) is 5.02. The van der Waals surface area contributed by atoms with Gasteiger partial charge in [0, 0.05) is 6.21 Å². The molecule has 4 nitrogen and oxygen atoms in total. The van der Waals surface area contributed by atoms with E-state index in [4.69, 9.17) is 0 Å². The average molecular weight is 122 g/mol. The second kappa shape index (κ2) is 1.40. The molecule has 1 aromatic rings. The van der Waals surface area contributed by atoms with E-state index in [2.05, 4.69) is 15.2 Å². The molecule has 0 radical (unpaired) electrons. The number of hydrogen-bond donors (Lipinski definition) is 0. The van der Waals surface area contributed by atoms with Gasteiger partial charge in [0.15, 0.2) is 0 Å². The van der Waals surface area contributed by atoms with Crippen LogP contribution in [0.15, 0.2) is 11.3 Å². The highest BCUT2D eigenvalue weighted by Crippen LogP contribution is 2.18. The molecule has 1 aliphatic rings. The summed E-state index contributed by atoms with van der Waals surface area (Å²) in [5.41, 5.74) is 0. The van der Waals surface area contributed by atoms with Gasteiger partial charge >= 0.3 is 0 Å². The molecule has 2 rings (SSSR count). The van der Waals surface area contributed by atoms with Crippen LogP contribution in [0.3, 0.4) is 0 Å². The van der Waals surface area contributed by atoms with Gasteiger partial charge in [-0.3, -0.25) is 4.57 Å². The van der Waals surface area contributed by atoms with Crippen LogP contribution in [0.25, 0.3) is 0 Å². The number of fused-ring (bicyclic) bond motifs is 1. The van der Waals surface area contributed by atoms with Gasteiger partial charge in [0.05, 0.1) is 6.04 Å². The monoisotopic (exact) mass is 122 g/mol. The molecule has 1 unspecified atom stereocenters. The first kappa shape index (κ1) is 4.67. The standard InChI is InChI=1S/C5H6N4/c1-4-2-6-5-8-7-3-9(4)5/h2-4H,1H3. The van der Waals surface area contributed by atoms with Crippen molar-refractivity contribution in [2.45, 2.75) is 13.0 Å². The Labute approximate surface area is 52.2 Å². The summed E-state index contributed by atoms with van der Waals surface area (Å²) in [4.78, 5) is 4.00. The van der Waals surface area contributed by atoms with E-state index < -0.39 is 0 Å². The predicted octanol–water partition coefficient (Wildman–Crippen LogP) is 0.555. The van der Waals surface area contributed by atoms with Crippen molar-refractivity contribution in [2.75, 3.05) is 0 Å². The fourth-order valence-corrected chi connectivity index (χ4v) is 0.863. The molecule has 0 aromatic carbocycles. The lowest BCUT2D eigenvalue weighted by atomic mass is 10.4. The van der Waals surface area contributed by atoms with Crippen molar-refractivity contribution in [2.24, 2.45) is 4.99 Å². The van der Waals surface area contributed by atoms with Crippen LogP contribution in [0.5, 0.6) is 0 Å². The van der Waals surface area contributed by atoms with E-state index in [0.29, 0.717) is 12.0 Å². The predicted molar refractivity (Wildman–Crippen MR) is 32.9 cm³/mol.